The van der Waals surface area contributed by atoms with Gasteiger partial charge in [0.25, 0.3) is 0 Å². The van der Waals surface area contributed by atoms with Crippen LogP contribution in [0.1, 0.15) is 13.3 Å². The van der Waals surface area contributed by atoms with Crippen LogP contribution in [0.5, 0.6) is 0 Å². The standard InChI is InChI=1S/C11H19N7O3/c1-5(19)14-4-6-7-11(17-8(12)16-7)10(20,21)2-3-18(11)9(13)15-6/h6-7,20-21H,2-4H2,1H3,(H6,12,13,14,15,16,17,19)/p+1/t6-,7-,11-/m0/s1. The summed E-state index contributed by atoms with van der Waals surface area (Å²) in [5, 5.41) is 29.4. The lowest BCUT2D eigenvalue weighted by Crippen LogP contribution is -2.78. The van der Waals surface area contributed by atoms with Crippen molar-refractivity contribution in [3.8, 4) is 0 Å². The molecule has 3 rings (SSSR count). The van der Waals surface area contributed by atoms with Crippen LogP contribution in [0.15, 0.2) is 4.99 Å². The van der Waals surface area contributed by atoms with Crippen molar-refractivity contribution in [2.24, 2.45) is 16.5 Å². The predicted octanol–water partition coefficient (Wildman–Crippen LogP) is -4.51. The molecule has 0 aromatic carbocycles. The van der Waals surface area contributed by atoms with Crippen molar-refractivity contribution in [2.75, 3.05) is 13.1 Å². The fourth-order valence-electron chi connectivity index (χ4n) is 3.41. The maximum Gasteiger partial charge on any atom is 0.345 e. The number of amides is 1. The van der Waals surface area contributed by atoms with Gasteiger partial charge < -0.3 is 26.6 Å². The number of aliphatic imine (C=N–C) groups is 1. The van der Waals surface area contributed by atoms with E-state index < -0.39 is 23.5 Å². The van der Waals surface area contributed by atoms with E-state index >= 15 is 0 Å². The first-order valence-corrected chi connectivity index (χ1v) is 6.75. The van der Waals surface area contributed by atoms with Crippen LogP contribution in [0.3, 0.4) is 0 Å². The maximum atomic E-state index is 11.1. The number of rotatable bonds is 2. The molecule has 10 heteroatoms. The molecule has 1 saturated heterocycles. The van der Waals surface area contributed by atoms with Crippen LogP contribution >= 0.6 is 0 Å². The van der Waals surface area contributed by atoms with Crippen LogP contribution in [0, 0.1) is 0 Å². The summed E-state index contributed by atoms with van der Waals surface area (Å²) < 4.78 is 1.63. The van der Waals surface area contributed by atoms with E-state index in [9.17, 15) is 15.0 Å². The van der Waals surface area contributed by atoms with Gasteiger partial charge in [0.05, 0.1) is 13.1 Å². The summed E-state index contributed by atoms with van der Waals surface area (Å²) in [4.78, 5) is 15.4. The Balaban J connectivity index is 2.02. The topological polar surface area (TPSA) is 161 Å². The van der Waals surface area contributed by atoms with Crippen LogP contribution in [0.4, 0.5) is 0 Å². The molecule has 3 atom stereocenters. The lowest BCUT2D eigenvalue weighted by Gasteiger charge is -2.43. The molecule has 0 radical (unpaired) electrons. The van der Waals surface area contributed by atoms with E-state index in [-0.39, 0.29) is 24.8 Å². The number of nitrogens with zero attached hydrogens (tertiary/aromatic N) is 2. The fraction of sp³-hybridized carbons (Fsp3) is 0.727. The number of aliphatic hydroxyl groups is 2. The zero-order valence-electron chi connectivity index (χ0n) is 11.6. The Labute approximate surface area is 120 Å². The summed E-state index contributed by atoms with van der Waals surface area (Å²) >= 11 is 0. The summed E-state index contributed by atoms with van der Waals surface area (Å²) in [5.74, 6) is -1.82. The Hall–Kier alpha value is -2.07. The molecule has 21 heavy (non-hydrogen) atoms. The third-order valence-electron chi connectivity index (χ3n) is 4.32. The molecule has 1 fully saturated rings. The Morgan fingerprint density at radius 2 is 2.29 bits per heavy atom. The molecule has 0 unspecified atom stereocenters. The van der Waals surface area contributed by atoms with Gasteiger partial charge >= 0.3 is 5.96 Å². The van der Waals surface area contributed by atoms with E-state index in [4.69, 9.17) is 11.5 Å². The molecule has 0 bridgehead atoms. The molecular formula is C11H20N7O3+. The zero-order valence-corrected chi connectivity index (χ0v) is 11.6. The SMILES string of the molecule is CC(=O)NC[C@@H]1NC(N)=[N+]2CCC(O)(O)[C@@]23NC(N)=N[C@@H]13. The first-order chi connectivity index (χ1) is 9.78. The molecule has 0 aromatic rings. The van der Waals surface area contributed by atoms with Gasteiger partial charge in [0, 0.05) is 13.3 Å². The van der Waals surface area contributed by atoms with Crippen LogP contribution < -0.4 is 27.4 Å². The highest BCUT2D eigenvalue weighted by molar-refractivity contribution is 5.83. The lowest BCUT2D eigenvalue weighted by atomic mass is 9.86. The summed E-state index contributed by atoms with van der Waals surface area (Å²) in [6.45, 7) is 2.00. The van der Waals surface area contributed by atoms with E-state index in [1.165, 1.54) is 6.92 Å². The van der Waals surface area contributed by atoms with Crippen LogP contribution in [0.25, 0.3) is 0 Å². The molecule has 3 aliphatic rings. The molecule has 1 amide bonds. The Morgan fingerprint density at radius 3 is 2.95 bits per heavy atom. The van der Waals surface area contributed by atoms with Crippen molar-refractivity contribution in [2.45, 2.75) is 36.9 Å². The largest absolute Gasteiger partial charge is 0.370 e. The number of guanidine groups is 2. The minimum atomic E-state index is -2.04. The fourth-order valence-corrected chi connectivity index (χ4v) is 3.41. The van der Waals surface area contributed by atoms with E-state index in [1.54, 1.807) is 4.58 Å². The Morgan fingerprint density at radius 1 is 1.57 bits per heavy atom. The molecule has 116 valence electrons. The maximum absolute atomic E-state index is 11.1. The van der Waals surface area contributed by atoms with Gasteiger partial charge in [-0.3, -0.25) is 15.8 Å². The molecule has 0 aromatic heterocycles. The number of carbonyl (C=O) groups is 1. The van der Waals surface area contributed by atoms with Crippen molar-refractivity contribution in [1.29, 1.82) is 0 Å². The monoisotopic (exact) mass is 298 g/mol. The van der Waals surface area contributed by atoms with Crippen LogP contribution in [-0.2, 0) is 4.79 Å². The molecule has 0 saturated carbocycles. The smallest absolute Gasteiger partial charge is 0.345 e. The summed E-state index contributed by atoms with van der Waals surface area (Å²) in [7, 11) is 0. The second-order valence-electron chi connectivity index (χ2n) is 5.64. The molecule has 3 heterocycles. The normalized spacial score (nSPS) is 36.2. The number of hydrogen-bond donors (Lipinski definition) is 7. The molecule has 0 aliphatic carbocycles. The van der Waals surface area contributed by atoms with Gasteiger partial charge in [-0.15, -0.1) is 0 Å². The van der Waals surface area contributed by atoms with E-state index in [0.29, 0.717) is 12.5 Å². The average molecular weight is 298 g/mol. The van der Waals surface area contributed by atoms with Gasteiger partial charge in [-0.25, -0.2) is 9.57 Å². The number of nitrogens with two attached hydrogens (primary N) is 2. The highest BCUT2D eigenvalue weighted by Crippen LogP contribution is 2.40. The second-order valence-corrected chi connectivity index (χ2v) is 5.64. The van der Waals surface area contributed by atoms with Crippen molar-refractivity contribution >= 4 is 17.8 Å². The van der Waals surface area contributed by atoms with Crippen molar-refractivity contribution in [3.05, 3.63) is 0 Å². The van der Waals surface area contributed by atoms with Crippen molar-refractivity contribution in [1.82, 2.24) is 16.0 Å². The van der Waals surface area contributed by atoms with E-state index in [2.05, 4.69) is 20.9 Å². The average Bonchev–Trinajstić information content (AvgIpc) is 2.85. The highest BCUT2D eigenvalue weighted by atomic mass is 16.5. The first kappa shape index (κ1) is 13.9. The van der Waals surface area contributed by atoms with Gasteiger partial charge in [0.2, 0.25) is 17.4 Å². The molecule has 3 aliphatic heterocycles. The van der Waals surface area contributed by atoms with Crippen LogP contribution in [-0.4, -0.2) is 69.2 Å². The molecule has 1 spiro atoms. The third kappa shape index (κ3) is 1.75. The van der Waals surface area contributed by atoms with Crippen molar-refractivity contribution in [3.63, 3.8) is 0 Å². The van der Waals surface area contributed by atoms with Crippen LogP contribution in [0.2, 0.25) is 0 Å². The number of carbonyl (C=O) groups excluding carboxylic acids is 1. The minimum absolute atomic E-state index is 0.106. The number of nitrogens with one attached hydrogen (secondary N) is 3. The molecule has 10 nitrogen and oxygen atoms in total. The van der Waals surface area contributed by atoms with E-state index in [0.717, 1.165) is 0 Å². The van der Waals surface area contributed by atoms with Gasteiger partial charge in [0.15, 0.2) is 5.96 Å². The summed E-state index contributed by atoms with van der Waals surface area (Å²) in [6.07, 6.45) is 0.106. The minimum Gasteiger partial charge on any atom is -0.370 e. The summed E-state index contributed by atoms with van der Waals surface area (Å²) in [5.41, 5.74) is 10.4. The zero-order chi connectivity index (χ0) is 15.4. The second kappa shape index (κ2) is 4.21. The Bertz CT molecular complexity index is 558. The summed E-state index contributed by atoms with van der Waals surface area (Å²) in [6, 6.07) is -1.01. The van der Waals surface area contributed by atoms with Gasteiger partial charge in [-0.2, -0.15) is 0 Å². The number of hydrogen-bond acceptors (Lipinski definition) is 8. The molecular weight excluding hydrogens is 278 g/mol. The first-order valence-electron chi connectivity index (χ1n) is 6.75. The quantitative estimate of drug-likeness (QED) is 0.200. The molecule has 9 N–H and O–H groups in total. The van der Waals surface area contributed by atoms with Gasteiger partial charge in [-0.1, -0.05) is 0 Å². The van der Waals surface area contributed by atoms with E-state index in [1.807, 2.05) is 0 Å². The lowest BCUT2D eigenvalue weighted by molar-refractivity contribution is -0.623. The predicted molar refractivity (Wildman–Crippen MR) is 73.0 cm³/mol. The highest BCUT2D eigenvalue weighted by Gasteiger charge is 2.71. The van der Waals surface area contributed by atoms with Crippen molar-refractivity contribution < 1.29 is 19.6 Å². The van der Waals surface area contributed by atoms with Gasteiger partial charge in [-0.05, 0) is 0 Å². The van der Waals surface area contributed by atoms with Gasteiger partial charge in [0.1, 0.15) is 12.1 Å². The Kier molecular flexibility index (Phi) is 2.79. The third-order valence-corrected chi connectivity index (χ3v) is 4.32.